The second-order valence-electron chi connectivity index (χ2n) is 8.11. The molecule has 0 unspecified atom stereocenters. The fraction of sp³-hybridized carbons (Fsp3) is 0.240. The quantitative estimate of drug-likeness (QED) is 0.564. The zero-order valence-corrected chi connectivity index (χ0v) is 19.9. The van der Waals surface area contributed by atoms with Crippen molar-refractivity contribution in [2.24, 2.45) is 0 Å². The van der Waals surface area contributed by atoms with E-state index in [0.717, 1.165) is 19.6 Å². The summed E-state index contributed by atoms with van der Waals surface area (Å²) < 4.78 is 28.2. The highest BCUT2D eigenvalue weighted by atomic mass is 35.5. The number of nitrogens with one attached hydrogen (secondary N) is 1. The fourth-order valence-electron chi connectivity index (χ4n) is 3.86. The summed E-state index contributed by atoms with van der Waals surface area (Å²) in [4.78, 5) is 17.2. The van der Waals surface area contributed by atoms with Gasteiger partial charge in [0.25, 0.3) is 15.9 Å². The number of aryl methyl sites for hydroxylation is 1. The average molecular weight is 484 g/mol. The van der Waals surface area contributed by atoms with Crippen molar-refractivity contribution < 1.29 is 13.2 Å². The predicted octanol–water partition coefficient (Wildman–Crippen LogP) is 4.41. The van der Waals surface area contributed by atoms with E-state index in [1.807, 2.05) is 12.1 Å². The fourth-order valence-corrected chi connectivity index (χ4v) is 5.23. The highest BCUT2D eigenvalue weighted by Crippen LogP contribution is 2.24. The van der Waals surface area contributed by atoms with Gasteiger partial charge in [-0.2, -0.15) is 0 Å². The number of benzene rings is 3. The van der Waals surface area contributed by atoms with Crippen LogP contribution in [0.15, 0.2) is 77.7 Å². The number of halogens is 1. The Morgan fingerprint density at radius 1 is 0.939 bits per heavy atom. The van der Waals surface area contributed by atoms with Gasteiger partial charge < -0.3 is 4.90 Å². The third kappa shape index (κ3) is 5.55. The van der Waals surface area contributed by atoms with Crippen molar-refractivity contribution in [3.63, 3.8) is 0 Å². The molecular weight excluding hydrogens is 458 g/mol. The first-order valence-corrected chi connectivity index (χ1v) is 12.6. The van der Waals surface area contributed by atoms with Crippen LogP contribution in [0.2, 0.25) is 5.02 Å². The monoisotopic (exact) mass is 483 g/mol. The Hall–Kier alpha value is -2.87. The molecule has 0 atom stereocenters. The van der Waals surface area contributed by atoms with Crippen LogP contribution in [0.3, 0.4) is 0 Å². The molecule has 1 heterocycles. The number of anilines is 1. The first kappa shape index (κ1) is 23.3. The Morgan fingerprint density at radius 2 is 1.64 bits per heavy atom. The molecule has 1 N–H and O–H groups in total. The first-order valence-electron chi connectivity index (χ1n) is 10.8. The number of nitrogens with zero attached hydrogens (tertiary/aromatic N) is 2. The van der Waals surface area contributed by atoms with Gasteiger partial charge >= 0.3 is 0 Å². The molecule has 3 aromatic carbocycles. The molecule has 172 valence electrons. The lowest BCUT2D eigenvalue weighted by atomic mass is 10.1. The van der Waals surface area contributed by atoms with Gasteiger partial charge in [-0.3, -0.25) is 14.4 Å². The van der Waals surface area contributed by atoms with E-state index in [9.17, 15) is 13.2 Å². The predicted molar refractivity (Wildman–Crippen MR) is 131 cm³/mol. The van der Waals surface area contributed by atoms with E-state index in [0.29, 0.717) is 29.4 Å². The number of carbonyl (C=O) groups is 1. The van der Waals surface area contributed by atoms with E-state index in [-0.39, 0.29) is 10.8 Å². The number of para-hydroxylation sites is 1. The number of amides is 1. The number of sulfonamides is 1. The normalized spacial score (nSPS) is 14.8. The topological polar surface area (TPSA) is 69.7 Å². The molecule has 1 fully saturated rings. The van der Waals surface area contributed by atoms with Gasteiger partial charge in [-0.15, -0.1) is 0 Å². The minimum atomic E-state index is -3.88. The Kier molecular flexibility index (Phi) is 7.02. The van der Waals surface area contributed by atoms with E-state index in [1.54, 1.807) is 41.3 Å². The van der Waals surface area contributed by atoms with Crippen LogP contribution in [0.4, 0.5) is 5.69 Å². The van der Waals surface area contributed by atoms with Crippen LogP contribution in [-0.4, -0.2) is 50.3 Å². The number of hydrogen-bond acceptors (Lipinski definition) is 4. The van der Waals surface area contributed by atoms with E-state index < -0.39 is 10.0 Å². The molecule has 0 aliphatic carbocycles. The molecule has 0 bridgehead atoms. The lowest BCUT2D eigenvalue weighted by Crippen LogP contribution is -2.48. The van der Waals surface area contributed by atoms with Crippen LogP contribution in [0.1, 0.15) is 21.5 Å². The minimum absolute atomic E-state index is 0.0199. The summed E-state index contributed by atoms with van der Waals surface area (Å²) in [5.41, 5.74) is 3.20. The minimum Gasteiger partial charge on any atom is -0.336 e. The maximum absolute atomic E-state index is 13.1. The molecular formula is C25H26ClN3O3S. The second kappa shape index (κ2) is 9.95. The van der Waals surface area contributed by atoms with Crippen LogP contribution in [-0.2, 0) is 16.6 Å². The molecule has 4 rings (SSSR count). The second-order valence-corrected chi connectivity index (χ2v) is 10.2. The number of carbonyl (C=O) groups excluding carboxylic acids is 1. The third-order valence-corrected chi connectivity index (χ3v) is 7.52. The number of piperazine rings is 1. The molecule has 33 heavy (non-hydrogen) atoms. The Labute approximate surface area is 199 Å². The summed E-state index contributed by atoms with van der Waals surface area (Å²) in [7, 11) is -3.88. The standard InChI is InChI=1S/C25H26ClN3O3S/c1-19-7-2-3-8-21(19)18-28-13-15-29(16-14-28)25(30)20-9-6-10-22(17-20)33(31,32)27-24-12-5-4-11-23(24)26/h2-12,17,27H,13-16,18H2,1H3. The third-order valence-electron chi connectivity index (χ3n) is 5.82. The van der Waals surface area contributed by atoms with Gasteiger partial charge in [0, 0.05) is 38.3 Å². The maximum Gasteiger partial charge on any atom is 0.261 e. The van der Waals surface area contributed by atoms with Crippen molar-refractivity contribution in [3.8, 4) is 0 Å². The highest BCUT2D eigenvalue weighted by Gasteiger charge is 2.24. The van der Waals surface area contributed by atoms with Gasteiger partial charge in [-0.25, -0.2) is 8.42 Å². The molecule has 3 aromatic rings. The molecule has 6 nitrogen and oxygen atoms in total. The van der Waals surface area contributed by atoms with Gasteiger partial charge in [0.05, 0.1) is 15.6 Å². The van der Waals surface area contributed by atoms with Crippen molar-refractivity contribution in [2.75, 3.05) is 30.9 Å². The van der Waals surface area contributed by atoms with Crippen LogP contribution in [0.25, 0.3) is 0 Å². The van der Waals surface area contributed by atoms with Crippen molar-refractivity contribution in [1.29, 1.82) is 0 Å². The van der Waals surface area contributed by atoms with E-state index in [1.165, 1.54) is 23.3 Å². The molecule has 0 radical (unpaired) electrons. The van der Waals surface area contributed by atoms with Gasteiger partial charge in [-0.05, 0) is 48.4 Å². The molecule has 0 spiro atoms. The van der Waals surface area contributed by atoms with Crippen LogP contribution < -0.4 is 4.72 Å². The van der Waals surface area contributed by atoms with E-state index in [2.05, 4.69) is 28.7 Å². The molecule has 1 aliphatic heterocycles. The lowest BCUT2D eigenvalue weighted by molar-refractivity contribution is 0.0628. The Morgan fingerprint density at radius 3 is 2.36 bits per heavy atom. The van der Waals surface area contributed by atoms with Crippen LogP contribution in [0, 0.1) is 6.92 Å². The SMILES string of the molecule is Cc1ccccc1CN1CCN(C(=O)c2cccc(S(=O)(=O)Nc3ccccc3Cl)c2)CC1. The molecule has 0 saturated carbocycles. The van der Waals surface area contributed by atoms with E-state index in [4.69, 9.17) is 11.6 Å². The average Bonchev–Trinajstić information content (AvgIpc) is 2.82. The molecule has 1 saturated heterocycles. The highest BCUT2D eigenvalue weighted by molar-refractivity contribution is 7.92. The summed E-state index contributed by atoms with van der Waals surface area (Å²) in [5, 5.41) is 0.303. The Balaban J connectivity index is 1.42. The molecule has 0 aromatic heterocycles. The number of rotatable bonds is 6. The molecule has 1 amide bonds. The van der Waals surface area contributed by atoms with Crippen molar-refractivity contribution in [2.45, 2.75) is 18.4 Å². The molecule has 1 aliphatic rings. The maximum atomic E-state index is 13.1. The first-order chi connectivity index (χ1) is 15.8. The van der Waals surface area contributed by atoms with Gasteiger partial charge in [0.2, 0.25) is 0 Å². The Bertz CT molecular complexity index is 1260. The number of hydrogen-bond donors (Lipinski definition) is 1. The van der Waals surface area contributed by atoms with E-state index >= 15 is 0 Å². The van der Waals surface area contributed by atoms with Crippen molar-refractivity contribution >= 4 is 33.2 Å². The lowest BCUT2D eigenvalue weighted by Gasteiger charge is -2.35. The van der Waals surface area contributed by atoms with Crippen LogP contribution in [0.5, 0.6) is 0 Å². The summed E-state index contributed by atoms with van der Waals surface area (Å²) >= 11 is 6.08. The van der Waals surface area contributed by atoms with Gasteiger partial charge in [0.1, 0.15) is 0 Å². The largest absolute Gasteiger partial charge is 0.336 e. The van der Waals surface area contributed by atoms with Crippen LogP contribution >= 0.6 is 11.6 Å². The zero-order chi connectivity index (χ0) is 23.4. The smallest absolute Gasteiger partial charge is 0.261 e. The summed E-state index contributed by atoms with van der Waals surface area (Å²) in [6.45, 7) is 5.70. The van der Waals surface area contributed by atoms with Gasteiger partial charge in [-0.1, -0.05) is 54.1 Å². The van der Waals surface area contributed by atoms with Crippen molar-refractivity contribution in [1.82, 2.24) is 9.80 Å². The summed E-state index contributed by atoms with van der Waals surface area (Å²) in [5.74, 6) is -0.166. The summed E-state index contributed by atoms with van der Waals surface area (Å²) in [6.07, 6.45) is 0. The van der Waals surface area contributed by atoms with Gasteiger partial charge in [0.15, 0.2) is 0 Å². The zero-order valence-electron chi connectivity index (χ0n) is 18.4. The summed E-state index contributed by atoms with van der Waals surface area (Å²) in [6, 6.07) is 21.1. The molecule has 8 heteroatoms. The van der Waals surface area contributed by atoms with Crippen molar-refractivity contribution in [3.05, 3.63) is 94.5 Å².